The summed E-state index contributed by atoms with van der Waals surface area (Å²) in [6.07, 6.45) is 0. The zero-order chi connectivity index (χ0) is 61.1. The fourth-order valence-corrected chi connectivity index (χ4v) is 9.48. The number of nitrogens with one attached hydrogen (secondary N) is 13. The maximum absolute atomic E-state index is 6.07. The van der Waals surface area contributed by atoms with E-state index in [0.717, 1.165) is 301 Å². The Morgan fingerprint density at radius 3 is 0.464 bits per heavy atom. The average molecular weight is 1210 g/mol. The Labute approximate surface area is 513 Å². The van der Waals surface area contributed by atoms with Crippen molar-refractivity contribution in [1.82, 2.24) is 103 Å². The molecule has 0 spiro atoms. The fraction of sp³-hybridized carbons (Fsp3) is 1.00. The summed E-state index contributed by atoms with van der Waals surface area (Å²) in [6.45, 7) is 49.1. The molecule has 31 N–H and O–H groups in total. The summed E-state index contributed by atoms with van der Waals surface area (Å²) in [6, 6.07) is 0. The Kier molecular flexibility index (Phi) is 68.4. The molecule has 0 aromatic carbocycles. The molecule has 0 aromatic heterocycles. The van der Waals surface area contributed by atoms with Gasteiger partial charge in [-0.05, 0) is 0 Å². The molecule has 0 bridgehead atoms. The minimum atomic E-state index is 0.497. The van der Waals surface area contributed by atoms with Crippen LogP contribution in [0.5, 0.6) is 0 Å². The van der Waals surface area contributed by atoms with Gasteiger partial charge in [0.15, 0.2) is 0 Å². The van der Waals surface area contributed by atoms with Gasteiger partial charge in [0.05, 0.1) is 0 Å². The molecule has 0 aliphatic rings. The molecule has 0 unspecified atom stereocenters. The van der Waals surface area contributed by atoms with Gasteiger partial charge in [-0.2, -0.15) is 0 Å². The smallest absolute Gasteiger partial charge is 0.0429 e. The van der Waals surface area contributed by atoms with E-state index in [1.54, 1.807) is 0 Å². The Bertz CT molecular complexity index is 1220. The lowest BCUT2D eigenvalue weighted by molar-refractivity contribution is 0.201. The van der Waals surface area contributed by atoms with Crippen molar-refractivity contribution in [3.05, 3.63) is 0 Å². The first-order chi connectivity index (χ1) is 41.4. The van der Waals surface area contributed by atoms with Crippen LogP contribution in [-0.4, -0.2) is 394 Å². The highest BCUT2D eigenvalue weighted by Gasteiger charge is 2.12. The first-order valence-corrected chi connectivity index (χ1v) is 33.0. The van der Waals surface area contributed by atoms with E-state index in [1.807, 2.05) is 0 Å². The lowest BCUT2D eigenvalue weighted by atomic mass is 10.3. The topological polar surface area (TPSA) is 413 Å². The zero-order valence-electron chi connectivity index (χ0n) is 53.7. The molecular weight excluding hydrogens is 1070 g/mol. The van der Waals surface area contributed by atoms with Crippen LogP contribution in [0.4, 0.5) is 0 Å². The molecule has 0 rings (SSSR count). The minimum Gasteiger partial charge on any atom is -0.329 e. The van der Waals surface area contributed by atoms with Gasteiger partial charge in [-0.3, -0.25) is 34.3 Å². The molecule has 0 aliphatic heterocycles. The molecule has 0 heterocycles. The van der Waals surface area contributed by atoms with Crippen LogP contribution in [0.2, 0.25) is 0 Å². The van der Waals surface area contributed by atoms with Crippen LogP contribution in [0.15, 0.2) is 0 Å². The van der Waals surface area contributed by atoms with E-state index >= 15 is 0 Å². The third kappa shape index (κ3) is 58.5. The summed E-state index contributed by atoms with van der Waals surface area (Å²) in [5, 5.41) is 46.3. The van der Waals surface area contributed by atoms with E-state index in [1.165, 1.54) is 0 Å². The third-order valence-corrected chi connectivity index (χ3v) is 14.4. The predicted molar refractivity (Wildman–Crippen MR) is 359 cm³/mol. The second-order valence-electron chi connectivity index (χ2n) is 21.4. The van der Waals surface area contributed by atoms with Crippen molar-refractivity contribution in [1.29, 1.82) is 0 Å². The van der Waals surface area contributed by atoms with Crippen LogP contribution < -0.4 is 121 Å². The number of rotatable bonds is 74. The summed E-state index contributed by atoms with van der Waals surface area (Å²) >= 11 is 0. The molecule has 0 radical (unpaired) electrons. The van der Waals surface area contributed by atoms with Crippen LogP contribution in [0.25, 0.3) is 0 Å². The predicted octanol–water partition coefficient (Wildman–Crippen LogP) is -11.6. The molecule has 29 nitrogen and oxygen atoms in total. The van der Waals surface area contributed by atoms with Crippen LogP contribution in [0, 0.1) is 0 Å². The molecule has 0 amide bonds. The van der Waals surface area contributed by atoms with Crippen LogP contribution in [-0.2, 0) is 0 Å². The van der Waals surface area contributed by atoms with Gasteiger partial charge in [0.1, 0.15) is 0 Å². The van der Waals surface area contributed by atoms with E-state index in [2.05, 4.69) is 103 Å². The van der Waals surface area contributed by atoms with E-state index in [9.17, 15) is 0 Å². The highest BCUT2D eigenvalue weighted by molar-refractivity contribution is 4.73. The van der Waals surface area contributed by atoms with Crippen LogP contribution in [0.3, 0.4) is 0 Å². The molecule has 0 aromatic rings. The number of nitrogens with zero attached hydrogens (tertiary/aromatic N) is 7. The van der Waals surface area contributed by atoms with Gasteiger partial charge in [-0.25, -0.2) is 0 Å². The first kappa shape index (κ1) is 82.8. The Morgan fingerprint density at radius 2 is 0.274 bits per heavy atom. The van der Waals surface area contributed by atoms with Gasteiger partial charge < -0.3 is 121 Å². The maximum atomic E-state index is 6.07. The first-order valence-electron chi connectivity index (χ1n) is 33.0. The van der Waals surface area contributed by atoms with Crippen molar-refractivity contribution in [3.8, 4) is 0 Å². The third-order valence-electron chi connectivity index (χ3n) is 14.4. The van der Waals surface area contributed by atoms with E-state index in [-0.39, 0.29) is 0 Å². The molecule has 0 atom stereocenters. The molecule has 506 valence electrons. The quantitative estimate of drug-likeness (QED) is 0.0199. The lowest BCUT2D eigenvalue weighted by Gasteiger charge is -2.29. The normalized spacial score (nSPS) is 12.3. The van der Waals surface area contributed by atoms with E-state index < -0.39 is 0 Å². The molecule has 0 saturated heterocycles. The standard InChI is InChI=1S/C55H141N29/c56-1-9-65-20-40-79(36-6-61)43-27-74-28-44-81(38-8-63)45-29-75-31-51-84(54-53-83(48-22-67-11-3-58)50-32-76-30-47-82(52-33-77-55-64)46-21-66-10-2-57)49-26-71-17-15-69-13-12-68-14-16-70-24-41-80(37-7-62)42-25-73-19-18-72-23-39-78(34-4-59)35-5-60/h65-77H,1-64H2. The minimum absolute atomic E-state index is 0.497. The van der Waals surface area contributed by atoms with Crippen molar-refractivity contribution in [2.75, 3.05) is 360 Å². The summed E-state index contributed by atoms with van der Waals surface area (Å²) < 4.78 is 0. The highest BCUT2D eigenvalue weighted by Crippen LogP contribution is 1.95. The summed E-state index contributed by atoms with van der Waals surface area (Å²) in [7, 11) is 0. The van der Waals surface area contributed by atoms with Gasteiger partial charge in [-0.15, -0.1) is 0 Å². The molecule has 29 heteroatoms. The van der Waals surface area contributed by atoms with E-state index in [0.29, 0.717) is 59.0 Å². The summed E-state index contributed by atoms with van der Waals surface area (Å²) in [5.41, 5.74) is 52.2. The van der Waals surface area contributed by atoms with E-state index in [4.69, 9.17) is 51.6 Å². The molecule has 0 saturated carbocycles. The van der Waals surface area contributed by atoms with Gasteiger partial charge in [-0.1, -0.05) is 0 Å². The Balaban J connectivity index is 4.98. The molecule has 0 aliphatic carbocycles. The SMILES string of the molecule is NCCNCCN(CCN)CCNCCN(CCN)CCNCCN(CCNCCNCCNCCNCCN(CCN)CCNCCNCCN(CCN)CCN)CCN(CCNCCN)CCNCCN(CCNCN)CCNCCN. The van der Waals surface area contributed by atoms with Gasteiger partial charge in [0.25, 0.3) is 0 Å². The van der Waals surface area contributed by atoms with Crippen LogP contribution >= 0.6 is 0 Å². The number of hydrogen-bond donors (Lipinski definition) is 22. The van der Waals surface area contributed by atoms with Crippen molar-refractivity contribution < 1.29 is 0 Å². The molecule has 84 heavy (non-hydrogen) atoms. The fourth-order valence-electron chi connectivity index (χ4n) is 9.48. The Morgan fingerprint density at radius 1 is 0.131 bits per heavy atom. The number of hydrogen-bond acceptors (Lipinski definition) is 29. The highest BCUT2D eigenvalue weighted by atomic mass is 15.2. The molecular formula is C55H141N29. The van der Waals surface area contributed by atoms with Crippen molar-refractivity contribution in [2.45, 2.75) is 0 Å². The second-order valence-corrected chi connectivity index (χ2v) is 21.4. The van der Waals surface area contributed by atoms with Gasteiger partial charge >= 0.3 is 0 Å². The molecule has 0 fully saturated rings. The largest absolute Gasteiger partial charge is 0.329 e. The Hall–Kier alpha value is -1.16. The average Bonchev–Trinajstić information content (AvgIpc) is 3.49. The van der Waals surface area contributed by atoms with Gasteiger partial charge in [0.2, 0.25) is 0 Å². The second kappa shape index (κ2) is 69.3. The van der Waals surface area contributed by atoms with Crippen LogP contribution in [0.1, 0.15) is 0 Å². The maximum Gasteiger partial charge on any atom is 0.0429 e. The summed E-state index contributed by atoms with van der Waals surface area (Å²) in [5.74, 6) is 0. The van der Waals surface area contributed by atoms with Crippen molar-refractivity contribution >= 4 is 0 Å². The monoisotopic (exact) mass is 1210 g/mol. The lowest BCUT2D eigenvalue weighted by Crippen LogP contribution is -2.46. The van der Waals surface area contributed by atoms with Crippen molar-refractivity contribution in [3.63, 3.8) is 0 Å². The summed E-state index contributed by atoms with van der Waals surface area (Å²) in [4.78, 5) is 17.3. The zero-order valence-corrected chi connectivity index (χ0v) is 53.7. The van der Waals surface area contributed by atoms with Crippen molar-refractivity contribution in [2.24, 2.45) is 51.6 Å². The van der Waals surface area contributed by atoms with Gasteiger partial charge in [0, 0.05) is 360 Å². The number of nitrogens with two attached hydrogens (primary N) is 9.